The van der Waals surface area contributed by atoms with E-state index in [4.69, 9.17) is 39.2 Å². The maximum absolute atomic E-state index is 6.13. The number of benzene rings is 2. The van der Waals surface area contributed by atoms with E-state index in [9.17, 15) is 0 Å². The van der Waals surface area contributed by atoms with Crippen molar-refractivity contribution in [2.45, 2.75) is 11.0 Å². The van der Waals surface area contributed by atoms with E-state index in [1.54, 1.807) is 18.2 Å². The lowest BCUT2D eigenvalue weighted by atomic mass is 10.2. The number of nitrogens with zero attached hydrogens (tertiary/aromatic N) is 2. The minimum absolute atomic E-state index is 0.364. The van der Waals surface area contributed by atoms with Gasteiger partial charge in [0.2, 0.25) is 5.89 Å². The van der Waals surface area contributed by atoms with Crippen LogP contribution in [0.25, 0.3) is 11.5 Å². The van der Waals surface area contributed by atoms with Crippen LogP contribution in [0.2, 0.25) is 15.1 Å². The molecule has 7 heteroatoms. The molecule has 0 saturated heterocycles. The zero-order valence-corrected chi connectivity index (χ0v) is 14.2. The van der Waals surface area contributed by atoms with Crippen LogP contribution >= 0.6 is 46.6 Å². The topological polar surface area (TPSA) is 38.9 Å². The lowest BCUT2D eigenvalue weighted by molar-refractivity contribution is 0.466. The molecule has 0 bridgehead atoms. The Morgan fingerprint density at radius 2 is 1.77 bits per heavy atom. The van der Waals surface area contributed by atoms with Crippen molar-refractivity contribution in [3.8, 4) is 11.5 Å². The molecule has 0 aliphatic rings. The van der Waals surface area contributed by atoms with Crippen LogP contribution in [-0.4, -0.2) is 10.2 Å². The van der Waals surface area contributed by atoms with Gasteiger partial charge < -0.3 is 4.42 Å². The maximum Gasteiger partial charge on any atom is 0.277 e. The largest absolute Gasteiger partial charge is 0.411 e. The summed E-state index contributed by atoms with van der Waals surface area (Å²) in [6, 6.07) is 12.8. The Bertz CT molecular complexity index is 807. The number of aromatic nitrogens is 2. The molecular formula is C15H9Cl3N2OS. The second kappa shape index (κ2) is 6.92. The molecule has 0 fully saturated rings. The van der Waals surface area contributed by atoms with Crippen molar-refractivity contribution in [3.05, 3.63) is 63.1 Å². The summed E-state index contributed by atoms with van der Waals surface area (Å²) in [5, 5.41) is 10.2. The first-order chi connectivity index (χ1) is 10.6. The molecule has 2 aromatic carbocycles. The van der Waals surface area contributed by atoms with Crippen molar-refractivity contribution in [2.24, 2.45) is 0 Å². The highest BCUT2D eigenvalue weighted by molar-refractivity contribution is 7.98. The van der Waals surface area contributed by atoms with Gasteiger partial charge in [-0.25, -0.2) is 0 Å². The molecule has 112 valence electrons. The molecule has 0 radical (unpaired) electrons. The van der Waals surface area contributed by atoms with E-state index < -0.39 is 0 Å². The third-order valence-electron chi connectivity index (χ3n) is 2.88. The predicted molar refractivity (Wildman–Crippen MR) is 90.8 cm³/mol. The average Bonchev–Trinajstić information content (AvgIpc) is 2.95. The molecule has 0 atom stereocenters. The molecule has 22 heavy (non-hydrogen) atoms. The Hall–Kier alpha value is -1.20. The standard InChI is InChI=1S/C15H9Cl3N2OS/c16-10-5-6-11(13(18)7-10)14-19-20-15(21-14)22-8-9-3-1-2-4-12(9)17/h1-7H,8H2. The van der Waals surface area contributed by atoms with Gasteiger partial charge in [-0.15, -0.1) is 10.2 Å². The molecule has 1 heterocycles. The molecule has 0 saturated carbocycles. The molecule has 3 nitrogen and oxygen atoms in total. The average molecular weight is 372 g/mol. The molecule has 3 rings (SSSR count). The van der Waals surface area contributed by atoms with Gasteiger partial charge in [-0.2, -0.15) is 0 Å². The van der Waals surface area contributed by atoms with Crippen LogP contribution in [0, 0.1) is 0 Å². The number of rotatable bonds is 4. The summed E-state index contributed by atoms with van der Waals surface area (Å²) in [5.74, 6) is 1.01. The first kappa shape index (κ1) is 15.7. The number of halogens is 3. The van der Waals surface area contributed by atoms with Crippen molar-refractivity contribution in [2.75, 3.05) is 0 Å². The van der Waals surface area contributed by atoms with Gasteiger partial charge in [0.05, 0.1) is 10.6 Å². The van der Waals surface area contributed by atoms with E-state index >= 15 is 0 Å². The first-order valence-electron chi connectivity index (χ1n) is 6.28. The van der Waals surface area contributed by atoms with E-state index in [-0.39, 0.29) is 0 Å². The second-order valence-corrected chi connectivity index (χ2v) is 6.55. The minimum atomic E-state index is 0.364. The van der Waals surface area contributed by atoms with E-state index in [1.165, 1.54) is 11.8 Å². The summed E-state index contributed by atoms with van der Waals surface area (Å²) in [6.45, 7) is 0. The molecule has 0 amide bonds. The summed E-state index contributed by atoms with van der Waals surface area (Å²) < 4.78 is 5.62. The first-order valence-corrected chi connectivity index (χ1v) is 8.40. The quantitative estimate of drug-likeness (QED) is 0.528. The van der Waals surface area contributed by atoms with Gasteiger partial charge in [0.15, 0.2) is 0 Å². The monoisotopic (exact) mass is 370 g/mol. The third kappa shape index (κ3) is 3.58. The number of thioether (sulfide) groups is 1. The fourth-order valence-electron chi connectivity index (χ4n) is 1.79. The maximum atomic E-state index is 6.13. The van der Waals surface area contributed by atoms with Crippen molar-refractivity contribution in [1.82, 2.24) is 10.2 Å². The van der Waals surface area contributed by atoms with Gasteiger partial charge in [0, 0.05) is 15.8 Å². The Labute approximate surface area is 146 Å². The highest BCUT2D eigenvalue weighted by Gasteiger charge is 2.13. The Morgan fingerprint density at radius 3 is 2.55 bits per heavy atom. The predicted octanol–water partition coefficient (Wildman–Crippen LogP) is 5.99. The van der Waals surface area contributed by atoms with Gasteiger partial charge >= 0.3 is 0 Å². The van der Waals surface area contributed by atoms with Crippen LogP contribution in [0.5, 0.6) is 0 Å². The molecule has 0 spiro atoms. The van der Waals surface area contributed by atoms with Gasteiger partial charge in [0.1, 0.15) is 0 Å². The molecule has 0 unspecified atom stereocenters. The van der Waals surface area contributed by atoms with Gasteiger partial charge in [-0.3, -0.25) is 0 Å². The fourth-order valence-corrected chi connectivity index (χ4v) is 3.33. The van der Waals surface area contributed by atoms with E-state index in [1.807, 2.05) is 24.3 Å². The van der Waals surface area contributed by atoms with Crippen LogP contribution in [0.3, 0.4) is 0 Å². The molecule has 0 aliphatic heterocycles. The smallest absolute Gasteiger partial charge is 0.277 e. The molecule has 3 aromatic rings. The third-order valence-corrected chi connectivity index (χ3v) is 4.66. The van der Waals surface area contributed by atoms with Crippen molar-refractivity contribution in [3.63, 3.8) is 0 Å². The zero-order chi connectivity index (χ0) is 15.5. The minimum Gasteiger partial charge on any atom is -0.411 e. The normalized spacial score (nSPS) is 10.9. The summed E-state index contributed by atoms with van der Waals surface area (Å²) in [6.07, 6.45) is 0. The number of hydrogen-bond donors (Lipinski definition) is 0. The van der Waals surface area contributed by atoms with Crippen molar-refractivity contribution in [1.29, 1.82) is 0 Å². The SMILES string of the molecule is Clc1ccc(-c2nnc(SCc3ccccc3Cl)o2)c(Cl)c1. The van der Waals surface area contributed by atoms with Crippen LogP contribution in [-0.2, 0) is 5.75 Å². The Morgan fingerprint density at radius 1 is 0.955 bits per heavy atom. The molecule has 1 aromatic heterocycles. The van der Waals surface area contributed by atoms with Crippen LogP contribution < -0.4 is 0 Å². The van der Waals surface area contributed by atoms with Crippen LogP contribution in [0.4, 0.5) is 0 Å². The lowest BCUT2D eigenvalue weighted by Crippen LogP contribution is -1.81. The fraction of sp³-hybridized carbons (Fsp3) is 0.0667. The zero-order valence-electron chi connectivity index (χ0n) is 11.1. The van der Waals surface area contributed by atoms with Crippen LogP contribution in [0.1, 0.15) is 5.56 Å². The second-order valence-electron chi connectivity index (χ2n) is 4.38. The summed E-state index contributed by atoms with van der Waals surface area (Å²) >= 11 is 19.5. The summed E-state index contributed by atoms with van der Waals surface area (Å²) in [7, 11) is 0. The number of hydrogen-bond acceptors (Lipinski definition) is 4. The van der Waals surface area contributed by atoms with Gasteiger partial charge in [0.25, 0.3) is 5.22 Å². The van der Waals surface area contributed by atoms with Crippen molar-refractivity contribution < 1.29 is 4.42 Å². The lowest BCUT2D eigenvalue weighted by Gasteiger charge is -2.01. The van der Waals surface area contributed by atoms with Gasteiger partial charge in [-0.1, -0.05) is 64.8 Å². The molecule has 0 N–H and O–H groups in total. The Kier molecular flexibility index (Phi) is 4.93. The van der Waals surface area contributed by atoms with Gasteiger partial charge in [-0.05, 0) is 29.8 Å². The Balaban J connectivity index is 1.75. The molecular weight excluding hydrogens is 363 g/mol. The molecule has 0 aliphatic carbocycles. The highest BCUT2D eigenvalue weighted by atomic mass is 35.5. The van der Waals surface area contributed by atoms with Crippen molar-refractivity contribution >= 4 is 46.6 Å². The van der Waals surface area contributed by atoms with E-state index in [0.717, 1.165) is 10.6 Å². The summed E-state index contributed by atoms with van der Waals surface area (Å²) in [4.78, 5) is 0. The van der Waals surface area contributed by atoms with E-state index in [2.05, 4.69) is 10.2 Å². The van der Waals surface area contributed by atoms with Crippen LogP contribution in [0.15, 0.2) is 52.1 Å². The van der Waals surface area contributed by atoms with E-state index in [0.29, 0.717) is 32.5 Å². The summed E-state index contributed by atoms with van der Waals surface area (Å²) in [5.41, 5.74) is 1.67. The highest BCUT2D eigenvalue weighted by Crippen LogP contribution is 2.32.